The van der Waals surface area contributed by atoms with Gasteiger partial charge in [-0.05, 0) is 12.1 Å². The summed E-state index contributed by atoms with van der Waals surface area (Å²) in [7, 11) is 1.42. The molecule has 0 atom stereocenters. The topological polar surface area (TPSA) is 9.23 Å². The van der Waals surface area contributed by atoms with E-state index in [4.69, 9.17) is 4.74 Å². The largest absolute Gasteiger partial charge is 0.492 e. The highest BCUT2D eigenvalue weighted by atomic mass is 32.1. The lowest BCUT2D eigenvalue weighted by molar-refractivity contribution is 0.385. The summed E-state index contributed by atoms with van der Waals surface area (Å²) in [5.41, 5.74) is 0.552. The van der Waals surface area contributed by atoms with Crippen LogP contribution in [0.4, 0.5) is 4.39 Å². The molecule has 0 saturated heterocycles. The number of methoxy groups -OCH3 is 1. The lowest BCUT2D eigenvalue weighted by Gasteiger charge is -2.02. The summed E-state index contributed by atoms with van der Waals surface area (Å²) in [6.07, 6.45) is 0. The number of ether oxygens (including phenoxy) is 1. The maximum atomic E-state index is 13.1. The van der Waals surface area contributed by atoms with Crippen LogP contribution < -0.4 is 4.74 Å². The second kappa shape index (κ2) is 4.78. The van der Waals surface area contributed by atoms with E-state index in [0.717, 1.165) is 0 Å². The lowest BCUT2D eigenvalue weighted by Crippen LogP contribution is -1.91. The summed E-state index contributed by atoms with van der Waals surface area (Å²) in [6.45, 7) is 0. The van der Waals surface area contributed by atoms with Crippen LogP contribution in [0, 0.1) is 17.7 Å². The monoisotopic (exact) mass is 196 g/mol. The number of para-hydroxylation sites is 1. The van der Waals surface area contributed by atoms with Crippen LogP contribution in [0.25, 0.3) is 0 Å². The van der Waals surface area contributed by atoms with E-state index in [1.165, 1.54) is 13.2 Å². The third-order valence-corrected chi connectivity index (χ3v) is 1.63. The smallest absolute Gasteiger partial charge is 0.170 e. The van der Waals surface area contributed by atoms with Crippen molar-refractivity contribution < 1.29 is 9.13 Å². The first-order valence-corrected chi connectivity index (χ1v) is 4.35. The molecule has 3 heteroatoms. The van der Waals surface area contributed by atoms with E-state index in [-0.39, 0.29) is 5.75 Å². The molecule has 1 nitrogen and oxygen atoms in total. The number of hydrogen-bond acceptors (Lipinski definition) is 2. The van der Waals surface area contributed by atoms with Gasteiger partial charge < -0.3 is 4.74 Å². The van der Waals surface area contributed by atoms with Gasteiger partial charge in [0.15, 0.2) is 11.6 Å². The van der Waals surface area contributed by atoms with Gasteiger partial charge in [0.05, 0.1) is 18.4 Å². The van der Waals surface area contributed by atoms with Crippen LogP contribution in [0.1, 0.15) is 5.56 Å². The van der Waals surface area contributed by atoms with Gasteiger partial charge in [0.1, 0.15) is 0 Å². The first-order chi connectivity index (χ1) is 6.29. The van der Waals surface area contributed by atoms with Gasteiger partial charge in [0, 0.05) is 0 Å². The predicted octanol–water partition coefficient (Wildman–Crippen LogP) is 2.12. The van der Waals surface area contributed by atoms with E-state index in [2.05, 4.69) is 24.5 Å². The van der Waals surface area contributed by atoms with Crippen molar-refractivity contribution >= 4 is 12.6 Å². The highest BCUT2D eigenvalue weighted by molar-refractivity contribution is 7.80. The Morgan fingerprint density at radius 3 is 2.92 bits per heavy atom. The van der Waals surface area contributed by atoms with Gasteiger partial charge >= 0.3 is 0 Å². The van der Waals surface area contributed by atoms with E-state index in [1.807, 2.05) is 0 Å². The normalized spacial score (nSPS) is 8.85. The first-order valence-electron chi connectivity index (χ1n) is 3.72. The molecule has 0 saturated carbocycles. The van der Waals surface area contributed by atoms with Gasteiger partial charge in [-0.15, -0.1) is 0 Å². The number of rotatable bonds is 1. The van der Waals surface area contributed by atoms with E-state index in [0.29, 0.717) is 11.3 Å². The van der Waals surface area contributed by atoms with E-state index in [1.54, 1.807) is 12.1 Å². The minimum absolute atomic E-state index is 0.191. The molecule has 0 unspecified atom stereocenters. The highest BCUT2D eigenvalue weighted by Crippen LogP contribution is 2.20. The summed E-state index contributed by atoms with van der Waals surface area (Å²) >= 11 is 3.93. The Balaban J connectivity index is 3.12. The van der Waals surface area contributed by atoms with Gasteiger partial charge in [-0.3, -0.25) is 0 Å². The quantitative estimate of drug-likeness (QED) is 0.534. The molecule has 0 fully saturated rings. The maximum absolute atomic E-state index is 13.1. The molecular formula is C10H9FOS. The van der Waals surface area contributed by atoms with E-state index >= 15 is 0 Å². The summed E-state index contributed by atoms with van der Waals surface area (Å²) in [6, 6.07) is 4.64. The van der Waals surface area contributed by atoms with Gasteiger partial charge in [-0.1, -0.05) is 17.9 Å². The second-order valence-electron chi connectivity index (χ2n) is 2.28. The molecule has 68 valence electrons. The lowest BCUT2D eigenvalue weighted by atomic mass is 10.2. The molecule has 0 bridgehead atoms. The van der Waals surface area contributed by atoms with Crippen molar-refractivity contribution in [2.24, 2.45) is 0 Å². The molecule has 0 aliphatic heterocycles. The molecule has 13 heavy (non-hydrogen) atoms. The fourth-order valence-electron chi connectivity index (χ4n) is 0.949. The molecule has 0 heterocycles. The zero-order chi connectivity index (χ0) is 9.68. The Labute approximate surface area is 82.3 Å². The van der Waals surface area contributed by atoms with Crippen LogP contribution in [0.3, 0.4) is 0 Å². The summed E-state index contributed by atoms with van der Waals surface area (Å²) in [5, 5.41) is 0. The molecule has 1 aromatic rings. The van der Waals surface area contributed by atoms with Crippen molar-refractivity contribution in [1.29, 1.82) is 0 Å². The maximum Gasteiger partial charge on any atom is 0.170 e. The molecule has 0 aliphatic carbocycles. The first kappa shape index (κ1) is 9.94. The Morgan fingerprint density at radius 2 is 2.31 bits per heavy atom. The second-order valence-corrected chi connectivity index (χ2v) is 2.60. The zero-order valence-corrected chi connectivity index (χ0v) is 8.07. The van der Waals surface area contributed by atoms with Crippen LogP contribution in [-0.2, 0) is 0 Å². The molecule has 1 rings (SSSR count). The van der Waals surface area contributed by atoms with Gasteiger partial charge in [0.2, 0.25) is 0 Å². The summed E-state index contributed by atoms with van der Waals surface area (Å²) in [5.74, 6) is 5.74. The molecule has 0 aliphatic rings. The van der Waals surface area contributed by atoms with E-state index < -0.39 is 5.82 Å². The van der Waals surface area contributed by atoms with Crippen molar-refractivity contribution in [3.8, 4) is 17.6 Å². The van der Waals surface area contributed by atoms with Crippen molar-refractivity contribution in [2.75, 3.05) is 12.9 Å². The van der Waals surface area contributed by atoms with E-state index in [9.17, 15) is 4.39 Å². The van der Waals surface area contributed by atoms with Crippen LogP contribution in [0.15, 0.2) is 18.2 Å². The highest BCUT2D eigenvalue weighted by Gasteiger charge is 2.05. The standard InChI is InChI=1S/C10H9FOS/c1-12-10-8(5-3-7-13)4-2-6-9(10)11/h2,4,6,13H,7H2,1H3. The minimum atomic E-state index is -0.395. The van der Waals surface area contributed by atoms with Crippen LogP contribution in [0.2, 0.25) is 0 Å². The Kier molecular flexibility index (Phi) is 3.66. The molecule has 0 spiro atoms. The molecule has 0 aromatic heterocycles. The molecule has 0 amide bonds. The SMILES string of the molecule is COc1c(F)cccc1C#CCS. The van der Waals surface area contributed by atoms with Crippen LogP contribution >= 0.6 is 12.6 Å². The Morgan fingerprint density at radius 1 is 1.54 bits per heavy atom. The van der Waals surface area contributed by atoms with Gasteiger partial charge in [-0.25, -0.2) is 4.39 Å². The fraction of sp³-hybridized carbons (Fsp3) is 0.200. The molecular weight excluding hydrogens is 187 g/mol. The average molecular weight is 196 g/mol. The Hall–Kier alpha value is -1.14. The zero-order valence-electron chi connectivity index (χ0n) is 7.17. The Bertz CT molecular complexity index is 352. The number of thiol groups is 1. The minimum Gasteiger partial charge on any atom is -0.492 e. The van der Waals surface area contributed by atoms with Crippen LogP contribution in [-0.4, -0.2) is 12.9 Å². The van der Waals surface area contributed by atoms with Crippen molar-refractivity contribution in [3.63, 3.8) is 0 Å². The van der Waals surface area contributed by atoms with Gasteiger partial charge in [-0.2, -0.15) is 12.6 Å². The average Bonchev–Trinajstić information content (AvgIpc) is 2.15. The molecule has 0 radical (unpaired) electrons. The number of hydrogen-bond donors (Lipinski definition) is 1. The summed E-state index contributed by atoms with van der Waals surface area (Å²) in [4.78, 5) is 0. The van der Waals surface area contributed by atoms with Crippen molar-refractivity contribution in [3.05, 3.63) is 29.6 Å². The predicted molar refractivity (Wildman–Crippen MR) is 53.7 cm³/mol. The third kappa shape index (κ3) is 2.40. The molecule has 0 N–H and O–H groups in total. The summed E-state index contributed by atoms with van der Waals surface area (Å²) < 4.78 is 17.9. The number of halogens is 1. The van der Waals surface area contributed by atoms with Crippen molar-refractivity contribution in [1.82, 2.24) is 0 Å². The molecule has 1 aromatic carbocycles. The number of benzene rings is 1. The fourth-order valence-corrected chi connectivity index (χ4v) is 1.03. The van der Waals surface area contributed by atoms with Crippen molar-refractivity contribution in [2.45, 2.75) is 0 Å². The van der Waals surface area contributed by atoms with Crippen LogP contribution in [0.5, 0.6) is 5.75 Å². The third-order valence-electron chi connectivity index (χ3n) is 1.47. The van der Waals surface area contributed by atoms with Gasteiger partial charge in [0.25, 0.3) is 0 Å².